The van der Waals surface area contributed by atoms with Crippen molar-refractivity contribution in [2.45, 2.75) is 44.6 Å². The van der Waals surface area contributed by atoms with E-state index in [1.165, 1.54) is 45.2 Å². The van der Waals surface area contributed by atoms with Crippen molar-refractivity contribution in [3.05, 3.63) is 35.5 Å². The van der Waals surface area contributed by atoms with Crippen LogP contribution in [0, 0.1) is 5.92 Å². The Bertz CT molecular complexity index is 730. The summed E-state index contributed by atoms with van der Waals surface area (Å²) in [6.45, 7) is 3.28. The highest BCUT2D eigenvalue weighted by Crippen LogP contribution is 2.30. The lowest BCUT2D eigenvalue weighted by atomic mass is 9.83. The Hall–Kier alpha value is -1.79. The molecule has 5 nitrogen and oxygen atoms in total. The fraction of sp³-hybridized carbons (Fsp3) is 0.550. The summed E-state index contributed by atoms with van der Waals surface area (Å²) in [5, 5.41) is 6.01. The van der Waals surface area contributed by atoms with Crippen LogP contribution in [0.5, 0.6) is 0 Å². The summed E-state index contributed by atoms with van der Waals surface area (Å²) in [6.07, 6.45) is 8.57. The number of hydrogen-bond acceptors (Lipinski definition) is 5. The average molecular weight is 371 g/mol. The van der Waals surface area contributed by atoms with Gasteiger partial charge in [-0.05, 0) is 56.8 Å². The first kappa shape index (κ1) is 17.6. The van der Waals surface area contributed by atoms with E-state index in [2.05, 4.69) is 20.2 Å². The van der Waals surface area contributed by atoms with E-state index in [1.54, 1.807) is 17.5 Å². The number of hydrogen-bond donors (Lipinski definition) is 1. The van der Waals surface area contributed by atoms with Gasteiger partial charge in [0.15, 0.2) is 0 Å². The molecule has 2 aliphatic rings. The third kappa shape index (κ3) is 4.13. The number of nitrogens with zero attached hydrogens (tertiary/aromatic N) is 3. The summed E-state index contributed by atoms with van der Waals surface area (Å²) >= 11 is 1.55. The molecule has 0 spiro atoms. The van der Waals surface area contributed by atoms with Gasteiger partial charge >= 0.3 is 0 Å². The topological polar surface area (TPSA) is 58.1 Å². The van der Waals surface area contributed by atoms with Crippen LogP contribution in [0.15, 0.2) is 29.8 Å². The van der Waals surface area contributed by atoms with Gasteiger partial charge in [-0.15, -0.1) is 11.3 Å². The van der Waals surface area contributed by atoms with Crippen molar-refractivity contribution in [1.82, 2.24) is 20.2 Å². The SMILES string of the molecule is O=C(Cc1csc(-c2ccccn2)n1)NCC1CCCN2CCCCC12. The minimum Gasteiger partial charge on any atom is -0.355 e. The molecule has 4 heterocycles. The monoisotopic (exact) mass is 370 g/mol. The van der Waals surface area contributed by atoms with Gasteiger partial charge in [0.2, 0.25) is 5.91 Å². The van der Waals surface area contributed by atoms with Crippen molar-refractivity contribution in [3.63, 3.8) is 0 Å². The van der Waals surface area contributed by atoms with Gasteiger partial charge in [-0.25, -0.2) is 4.98 Å². The summed E-state index contributed by atoms with van der Waals surface area (Å²) in [5.41, 5.74) is 1.69. The van der Waals surface area contributed by atoms with Crippen LogP contribution in [-0.4, -0.2) is 46.5 Å². The number of thiazole rings is 1. The van der Waals surface area contributed by atoms with Crippen molar-refractivity contribution in [2.75, 3.05) is 19.6 Å². The first-order chi connectivity index (χ1) is 12.8. The molecule has 0 saturated carbocycles. The van der Waals surface area contributed by atoms with Gasteiger partial charge in [0.05, 0.1) is 17.8 Å². The standard InChI is InChI=1S/C20H26N4OS/c25-19(12-16-14-26-20(23-16)17-7-1-3-9-21-17)22-13-15-6-5-11-24-10-4-2-8-18(15)24/h1,3,7,9,14-15,18H,2,4-6,8,10-13H2,(H,22,25). The highest BCUT2D eigenvalue weighted by Gasteiger charge is 2.32. The molecule has 6 heteroatoms. The highest BCUT2D eigenvalue weighted by molar-refractivity contribution is 7.13. The first-order valence-electron chi connectivity index (χ1n) is 9.66. The summed E-state index contributed by atoms with van der Waals surface area (Å²) in [6, 6.07) is 6.47. The minimum absolute atomic E-state index is 0.0794. The van der Waals surface area contributed by atoms with Crippen LogP contribution < -0.4 is 5.32 Å². The molecular formula is C20H26N4OS. The van der Waals surface area contributed by atoms with Crippen LogP contribution in [0.2, 0.25) is 0 Å². The zero-order valence-corrected chi connectivity index (χ0v) is 15.9. The molecule has 1 N–H and O–H groups in total. The number of carbonyl (C=O) groups excluding carboxylic acids is 1. The Morgan fingerprint density at radius 3 is 3.04 bits per heavy atom. The lowest BCUT2D eigenvalue weighted by Gasteiger charge is -2.44. The average Bonchev–Trinajstić information content (AvgIpc) is 3.15. The van der Waals surface area contributed by atoms with Crippen LogP contribution in [0.3, 0.4) is 0 Å². The molecule has 2 aliphatic heterocycles. The molecular weight excluding hydrogens is 344 g/mol. The van der Waals surface area contributed by atoms with Crippen molar-refractivity contribution >= 4 is 17.2 Å². The second kappa shape index (κ2) is 8.27. The van der Waals surface area contributed by atoms with E-state index < -0.39 is 0 Å². The Morgan fingerprint density at radius 2 is 2.15 bits per heavy atom. The van der Waals surface area contributed by atoms with Gasteiger partial charge in [0.1, 0.15) is 5.01 Å². The van der Waals surface area contributed by atoms with Crippen LogP contribution in [0.4, 0.5) is 0 Å². The van der Waals surface area contributed by atoms with Gasteiger partial charge in [-0.2, -0.15) is 0 Å². The Balaban J connectivity index is 1.30. The molecule has 0 radical (unpaired) electrons. The number of rotatable bonds is 5. The van der Waals surface area contributed by atoms with Crippen LogP contribution in [0.1, 0.15) is 37.8 Å². The van der Waals surface area contributed by atoms with Gasteiger partial charge < -0.3 is 10.2 Å². The maximum Gasteiger partial charge on any atom is 0.226 e. The largest absolute Gasteiger partial charge is 0.355 e. The number of nitrogens with one attached hydrogen (secondary N) is 1. The molecule has 26 heavy (non-hydrogen) atoms. The lowest BCUT2D eigenvalue weighted by Crippen LogP contribution is -2.51. The molecule has 2 unspecified atom stereocenters. The molecule has 2 atom stereocenters. The maximum absolute atomic E-state index is 12.4. The maximum atomic E-state index is 12.4. The fourth-order valence-electron chi connectivity index (χ4n) is 4.28. The normalized spacial score (nSPS) is 23.4. The van der Waals surface area contributed by atoms with Gasteiger partial charge in [0, 0.05) is 24.2 Å². The van der Waals surface area contributed by atoms with E-state index in [0.29, 0.717) is 18.4 Å². The van der Waals surface area contributed by atoms with Gasteiger partial charge in [-0.1, -0.05) is 12.5 Å². The molecule has 2 aromatic heterocycles. The van der Waals surface area contributed by atoms with E-state index in [4.69, 9.17) is 0 Å². The first-order valence-corrected chi connectivity index (χ1v) is 10.5. The van der Waals surface area contributed by atoms with Crippen molar-refractivity contribution in [2.24, 2.45) is 5.92 Å². The third-order valence-corrected chi connectivity index (χ3v) is 6.48. The van der Waals surface area contributed by atoms with Crippen molar-refractivity contribution in [3.8, 4) is 10.7 Å². The predicted molar refractivity (Wildman–Crippen MR) is 104 cm³/mol. The Labute approximate surface area is 158 Å². The fourth-order valence-corrected chi connectivity index (χ4v) is 5.08. The number of piperidine rings is 2. The van der Waals surface area contributed by atoms with Crippen molar-refractivity contribution < 1.29 is 4.79 Å². The van der Waals surface area contributed by atoms with E-state index in [0.717, 1.165) is 22.9 Å². The number of amides is 1. The smallest absolute Gasteiger partial charge is 0.226 e. The molecule has 0 bridgehead atoms. The van der Waals surface area contributed by atoms with E-state index >= 15 is 0 Å². The van der Waals surface area contributed by atoms with Gasteiger partial charge in [-0.3, -0.25) is 9.78 Å². The minimum atomic E-state index is 0.0794. The zero-order chi connectivity index (χ0) is 17.8. The molecule has 0 aliphatic carbocycles. The highest BCUT2D eigenvalue weighted by atomic mass is 32.1. The molecule has 138 valence electrons. The molecule has 2 saturated heterocycles. The van der Waals surface area contributed by atoms with Crippen molar-refractivity contribution in [1.29, 1.82) is 0 Å². The number of pyridine rings is 1. The molecule has 1 amide bonds. The third-order valence-electron chi connectivity index (χ3n) is 5.57. The predicted octanol–water partition coefficient (Wildman–Crippen LogP) is 3.13. The summed E-state index contributed by atoms with van der Waals surface area (Å²) in [4.78, 5) is 23.9. The molecule has 2 aromatic rings. The van der Waals surface area contributed by atoms with Crippen LogP contribution in [-0.2, 0) is 11.2 Å². The quantitative estimate of drug-likeness (QED) is 0.878. The van der Waals surface area contributed by atoms with E-state index in [9.17, 15) is 4.79 Å². The zero-order valence-electron chi connectivity index (χ0n) is 15.1. The summed E-state index contributed by atoms with van der Waals surface area (Å²) in [7, 11) is 0. The van der Waals surface area contributed by atoms with E-state index in [-0.39, 0.29) is 5.91 Å². The van der Waals surface area contributed by atoms with E-state index in [1.807, 2.05) is 23.6 Å². The molecule has 0 aromatic carbocycles. The Morgan fingerprint density at radius 1 is 1.23 bits per heavy atom. The number of aromatic nitrogens is 2. The second-order valence-corrected chi connectivity index (χ2v) is 8.20. The molecule has 2 fully saturated rings. The lowest BCUT2D eigenvalue weighted by molar-refractivity contribution is -0.120. The second-order valence-electron chi connectivity index (χ2n) is 7.34. The Kier molecular flexibility index (Phi) is 5.60. The summed E-state index contributed by atoms with van der Waals surface area (Å²) < 4.78 is 0. The van der Waals surface area contributed by atoms with Gasteiger partial charge in [0.25, 0.3) is 0 Å². The number of carbonyl (C=O) groups is 1. The van der Waals surface area contributed by atoms with Crippen LogP contribution in [0.25, 0.3) is 10.7 Å². The number of fused-ring (bicyclic) bond motifs is 1. The summed E-state index contributed by atoms with van der Waals surface area (Å²) in [5.74, 6) is 0.684. The van der Waals surface area contributed by atoms with Crippen LogP contribution >= 0.6 is 11.3 Å². The molecule has 4 rings (SSSR count).